The van der Waals surface area contributed by atoms with Gasteiger partial charge in [0.15, 0.2) is 5.82 Å². The molecular formula is C28H22ClF3N4O. The highest BCUT2D eigenvalue weighted by atomic mass is 35.5. The lowest BCUT2D eigenvalue weighted by Crippen LogP contribution is -2.08. The van der Waals surface area contributed by atoms with Crippen molar-refractivity contribution >= 4 is 29.6 Å². The van der Waals surface area contributed by atoms with Crippen molar-refractivity contribution in [3.05, 3.63) is 94.3 Å². The summed E-state index contributed by atoms with van der Waals surface area (Å²) in [6.07, 6.45) is -1.15. The van der Waals surface area contributed by atoms with Crippen LogP contribution in [0.15, 0.2) is 76.8 Å². The lowest BCUT2D eigenvalue weighted by molar-refractivity contribution is -0.144. The summed E-state index contributed by atoms with van der Waals surface area (Å²) >= 11 is 6.76. The highest BCUT2D eigenvalue weighted by molar-refractivity contribution is 6.33. The molecule has 3 aromatic carbocycles. The van der Waals surface area contributed by atoms with Crippen LogP contribution in [0.2, 0.25) is 0 Å². The molecule has 188 valence electrons. The minimum atomic E-state index is -4.72. The Balaban J connectivity index is 1.68. The lowest BCUT2D eigenvalue weighted by atomic mass is 9.89. The van der Waals surface area contributed by atoms with E-state index in [4.69, 9.17) is 16.3 Å². The Bertz CT molecular complexity index is 1510. The molecule has 0 saturated heterocycles. The Kier molecular flexibility index (Phi) is 6.60. The van der Waals surface area contributed by atoms with Gasteiger partial charge in [0.1, 0.15) is 5.75 Å². The molecule has 0 radical (unpaired) electrons. The van der Waals surface area contributed by atoms with Crippen LogP contribution >= 0.6 is 11.6 Å². The third-order valence-corrected chi connectivity index (χ3v) is 6.35. The van der Waals surface area contributed by atoms with Crippen LogP contribution in [0.3, 0.4) is 0 Å². The number of hydrogen-bond donors (Lipinski definition) is 0. The monoisotopic (exact) mass is 522 g/mol. The van der Waals surface area contributed by atoms with Gasteiger partial charge in [-0.15, -0.1) is 5.10 Å². The van der Waals surface area contributed by atoms with Gasteiger partial charge in [-0.3, -0.25) is 4.99 Å². The molecule has 0 aliphatic heterocycles. The summed E-state index contributed by atoms with van der Waals surface area (Å²) in [6, 6.07) is 19.6. The van der Waals surface area contributed by atoms with Gasteiger partial charge in [-0.1, -0.05) is 48.0 Å². The van der Waals surface area contributed by atoms with Crippen LogP contribution in [0.4, 0.5) is 18.9 Å². The molecule has 1 aromatic heterocycles. The van der Waals surface area contributed by atoms with Crippen molar-refractivity contribution in [1.82, 2.24) is 14.8 Å². The molecule has 1 atom stereocenters. The molecule has 1 heterocycles. The van der Waals surface area contributed by atoms with Gasteiger partial charge in [0, 0.05) is 28.3 Å². The van der Waals surface area contributed by atoms with Crippen molar-refractivity contribution in [2.45, 2.75) is 25.9 Å². The minimum absolute atomic E-state index is 0.0627. The topological polar surface area (TPSA) is 52.3 Å². The molecule has 0 N–H and O–H groups in total. The molecule has 1 aliphatic rings. The number of rotatable bonds is 6. The Morgan fingerprint density at radius 2 is 1.76 bits per heavy atom. The second-order valence-electron chi connectivity index (χ2n) is 8.31. The maximum atomic E-state index is 13.8. The molecule has 0 amide bonds. The zero-order valence-electron chi connectivity index (χ0n) is 20.0. The molecule has 5 rings (SSSR count). The molecule has 9 heteroatoms. The first-order valence-corrected chi connectivity index (χ1v) is 12.0. The first-order valence-electron chi connectivity index (χ1n) is 11.7. The summed E-state index contributed by atoms with van der Waals surface area (Å²) in [5.74, 6) is -0.943. The molecule has 37 heavy (non-hydrogen) atoms. The van der Waals surface area contributed by atoms with Crippen LogP contribution in [0, 0.1) is 0 Å². The van der Waals surface area contributed by atoms with E-state index in [9.17, 15) is 13.2 Å². The normalized spacial score (nSPS) is 15.2. The number of fused-ring (bicyclic) bond motifs is 1. The lowest BCUT2D eigenvalue weighted by Gasteiger charge is -2.18. The molecule has 0 spiro atoms. The molecular weight excluding hydrogens is 501 g/mol. The number of nitrogens with zero attached hydrogens (tertiary/aromatic N) is 4. The number of aromatic nitrogens is 3. The van der Waals surface area contributed by atoms with Gasteiger partial charge >= 0.3 is 6.18 Å². The number of benzene rings is 3. The van der Waals surface area contributed by atoms with Crippen LogP contribution in [-0.4, -0.2) is 27.6 Å². The largest absolute Gasteiger partial charge is 0.494 e. The van der Waals surface area contributed by atoms with E-state index in [1.807, 2.05) is 50.3 Å². The van der Waals surface area contributed by atoms with Crippen LogP contribution in [-0.2, 0) is 6.18 Å². The maximum absolute atomic E-state index is 13.8. The standard InChI is InChI=1S/C28H22ClF3N4O/c1-3-33-24-11-7-10-20-22(24)16-23(29)25(20)19-8-5-6-9-21(19)26-34-27(28(30,31)32)35-36(26)17-12-14-18(15-13-17)37-4-2/h3,5-16,25H,4H2,1-2H3. The molecule has 0 bridgehead atoms. The molecule has 1 aliphatic carbocycles. The molecule has 5 nitrogen and oxygen atoms in total. The number of aliphatic imine (C=N–C) groups is 1. The van der Waals surface area contributed by atoms with Crippen LogP contribution in [0.1, 0.15) is 42.3 Å². The highest BCUT2D eigenvalue weighted by Gasteiger charge is 2.38. The van der Waals surface area contributed by atoms with Crippen molar-refractivity contribution in [3.63, 3.8) is 0 Å². The second-order valence-corrected chi connectivity index (χ2v) is 8.75. The summed E-state index contributed by atoms with van der Waals surface area (Å²) in [5, 5.41) is 4.39. The molecule has 4 aromatic rings. The van der Waals surface area contributed by atoms with Crippen molar-refractivity contribution in [2.24, 2.45) is 4.99 Å². The summed E-state index contributed by atoms with van der Waals surface area (Å²) in [7, 11) is 0. The summed E-state index contributed by atoms with van der Waals surface area (Å²) in [4.78, 5) is 8.39. The van der Waals surface area contributed by atoms with Gasteiger partial charge in [0.05, 0.1) is 18.0 Å². The van der Waals surface area contributed by atoms with Gasteiger partial charge in [-0.25, -0.2) is 9.67 Å². The fourth-order valence-electron chi connectivity index (χ4n) is 4.51. The van der Waals surface area contributed by atoms with Crippen molar-refractivity contribution in [1.29, 1.82) is 0 Å². The Labute approximate surface area is 216 Å². The Morgan fingerprint density at radius 1 is 1.03 bits per heavy atom. The number of halogens is 4. The van der Waals surface area contributed by atoms with E-state index < -0.39 is 12.0 Å². The fraction of sp³-hybridized carbons (Fsp3) is 0.179. The van der Waals surface area contributed by atoms with E-state index in [0.717, 1.165) is 16.8 Å². The minimum Gasteiger partial charge on any atom is -0.494 e. The van der Waals surface area contributed by atoms with E-state index in [1.165, 1.54) is 4.68 Å². The fourth-order valence-corrected chi connectivity index (χ4v) is 4.85. The second kappa shape index (κ2) is 9.86. The van der Waals surface area contributed by atoms with E-state index in [2.05, 4.69) is 15.1 Å². The van der Waals surface area contributed by atoms with Gasteiger partial charge < -0.3 is 4.74 Å². The third kappa shape index (κ3) is 4.64. The average Bonchev–Trinajstić information content (AvgIpc) is 3.47. The zero-order valence-corrected chi connectivity index (χ0v) is 20.8. The predicted molar refractivity (Wildman–Crippen MR) is 139 cm³/mol. The molecule has 0 saturated carbocycles. The Morgan fingerprint density at radius 3 is 2.46 bits per heavy atom. The van der Waals surface area contributed by atoms with Crippen LogP contribution in [0.5, 0.6) is 5.75 Å². The summed E-state index contributed by atoms with van der Waals surface area (Å²) in [6.45, 7) is 4.16. The maximum Gasteiger partial charge on any atom is 0.453 e. The molecule has 1 unspecified atom stereocenters. The number of allylic oxidation sites excluding steroid dienone is 1. The zero-order chi connectivity index (χ0) is 26.2. The predicted octanol–water partition coefficient (Wildman–Crippen LogP) is 7.80. The first-order chi connectivity index (χ1) is 17.8. The number of ether oxygens (including phenoxy) is 1. The van der Waals surface area contributed by atoms with Gasteiger partial charge in [-0.2, -0.15) is 13.2 Å². The van der Waals surface area contributed by atoms with E-state index in [0.29, 0.717) is 34.2 Å². The first kappa shape index (κ1) is 24.8. The Hall–Kier alpha value is -3.91. The van der Waals surface area contributed by atoms with Gasteiger partial charge in [0.2, 0.25) is 0 Å². The van der Waals surface area contributed by atoms with Gasteiger partial charge in [0.25, 0.3) is 5.82 Å². The number of alkyl halides is 3. The van der Waals surface area contributed by atoms with Crippen molar-refractivity contribution < 1.29 is 17.9 Å². The SMILES string of the molecule is CC=Nc1cccc2c1C=C(Cl)C2c1ccccc1-c1nc(C(F)(F)F)nn1-c1ccc(OCC)cc1. The van der Waals surface area contributed by atoms with E-state index in [-0.39, 0.29) is 11.7 Å². The van der Waals surface area contributed by atoms with Crippen molar-refractivity contribution in [2.75, 3.05) is 6.61 Å². The van der Waals surface area contributed by atoms with E-state index in [1.54, 1.807) is 42.6 Å². The third-order valence-electron chi connectivity index (χ3n) is 6.02. The average molecular weight is 523 g/mol. The van der Waals surface area contributed by atoms with Crippen molar-refractivity contribution in [3.8, 4) is 22.8 Å². The smallest absolute Gasteiger partial charge is 0.453 e. The van der Waals surface area contributed by atoms with Gasteiger partial charge in [-0.05, 0) is 61.4 Å². The van der Waals surface area contributed by atoms with Crippen LogP contribution in [0.25, 0.3) is 23.2 Å². The quantitative estimate of drug-likeness (QED) is 0.243. The summed E-state index contributed by atoms with van der Waals surface area (Å²) < 4.78 is 47.9. The molecule has 0 fully saturated rings. The highest BCUT2D eigenvalue weighted by Crippen LogP contribution is 2.48. The van der Waals surface area contributed by atoms with E-state index >= 15 is 0 Å². The number of hydrogen-bond acceptors (Lipinski definition) is 4. The van der Waals surface area contributed by atoms with Crippen LogP contribution < -0.4 is 4.74 Å². The summed E-state index contributed by atoms with van der Waals surface area (Å²) in [5.41, 5.74) is 4.21.